The molecule has 0 aromatic heterocycles. The minimum Gasteiger partial charge on any atom is -0.497 e. The zero-order valence-electron chi connectivity index (χ0n) is 16.6. The van der Waals surface area contributed by atoms with Crippen molar-refractivity contribution in [2.45, 2.75) is 38.6 Å². The van der Waals surface area contributed by atoms with Gasteiger partial charge in [-0.25, -0.2) is 0 Å². The van der Waals surface area contributed by atoms with Gasteiger partial charge in [0.15, 0.2) is 0 Å². The molecule has 0 radical (unpaired) electrons. The smallest absolute Gasteiger partial charge is 0.220 e. The lowest BCUT2D eigenvalue weighted by molar-refractivity contribution is -0.121. The summed E-state index contributed by atoms with van der Waals surface area (Å²) < 4.78 is 10.5. The number of carbonyl (C=O) groups excluding carboxylic acids is 1. The largest absolute Gasteiger partial charge is 0.497 e. The number of aryl methyl sites for hydroxylation is 1. The molecule has 2 aromatic rings. The average molecular weight is 370 g/mol. The van der Waals surface area contributed by atoms with Crippen molar-refractivity contribution in [1.82, 2.24) is 5.32 Å². The zero-order valence-corrected chi connectivity index (χ0v) is 16.6. The van der Waals surface area contributed by atoms with Crippen LogP contribution in [0.15, 0.2) is 42.5 Å². The number of methoxy groups -OCH3 is 2. The summed E-state index contributed by atoms with van der Waals surface area (Å²) in [6.45, 7) is 4.74. The van der Waals surface area contributed by atoms with Crippen LogP contribution in [-0.4, -0.2) is 26.7 Å². The minimum atomic E-state index is -0.216. The molecule has 0 aliphatic carbocycles. The molecule has 3 N–H and O–H groups in total. The number of rotatable bonds is 9. The van der Waals surface area contributed by atoms with E-state index >= 15 is 0 Å². The summed E-state index contributed by atoms with van der Waals surface area (Å²) in [6.07, 6.45) is 0.993. The maximum absolute atomic E-state index is 12.2. The van der Waals surface area contributed by atoms with Gasteiger partial charge in [-0.3, -0.25) is 4.79 Å². The molecule has 2 rings (SSSR count). The average Bonchev–Trinajstić information content (AvgIpc) is 2.70. The van der Waals surface area contributed by atoms with E-state index in [1.165, 1.54) is 5.56 Å². The molecular formula is C22H30N2O3. The van der Waals surface area contributed by atoms with Crippen molar-refractivity contribution in [2.75, 3.05) is 20.8 Å². The molecule has 1 unspecified atom stereocenters. The van der Waals surface area contributed by atoms with Gasteiger partial charge in [-0.1, -0.05) is 38.1 Å². The first-order chi connectivity index (χ1) is 12.9. The van der Waals surface area contributed by atoms with Crippen LogP contribution in [0.4, 0.5) is 0 Å². The quantitative estimate of drug-likeness (QED) is 0.708. The Labute approximate surface area is 161 Å². The van der Waals surface area contributed by atoms with E-state index in [0.717, 1.165) is 22.6 Å². The van der Waals surface area contributed by atoms with Crippen LogP contribution in [0.3, 0.4) is 0 Å². The summed E-state index contributed by atoms with van der Waals surface area (Å²) in [5.41, 5.74) is 9.51. The molecule has 146 valence electrons. The van der Waals surface area contributed by atoms with E-state index in [9.17, 15) is 4.79 Å². The van der Waals surface area contributed by atoms with E-state index in [1.807, 2.05) is 30.3 Å². The molecule has 0 saturated carbocycles. The molecule has 1 amide bonds. The Hall–Kier alpha value is -2.53. The maximum atomic E-state index is 12.2. The van der Waals surface area contributed by atoms with Crippen molar-refractivity contribution in [1.29, 1.82) is 0 Å². The molecule has 0 fully saturated rings. The summed E-state index contributed by atoms with van der Waals surface area (Å²) in [5, 5.41) is 2.92. The summed E-state index contributed by atoms with van der Waals surface area (Å²) >= 11 is 0. The van der Waals surface area contributed by atoms with E-state index in [2.05, 4.69) is 31.3 Å². The lowest BCUT2D eigenvalue weighted by atomic mass is 9.99. The van der Waals surface area contributed by atoms with Gasteiger partial charge in [-0.05, 0) is 41.2 Å². The predicted octanol–water partition coefficient (Wildman–Crippen LogP) is 3.58. The second-order valence-corrected chi connectivity index (χ2v) is 6.95. The summed E-state index contributed by atoms with van der Waals surface area (Å²) in [5.74, 6) is 1.91. The highest BCUT2D eigenvalue weighted by atomic mass is 16.5. The Morgan fingerprint density at radius 3 is 2.07 bits per heavy atom. The molecule has 5 heteroatoms. The van der Waals surface area contributed by atoms with Gasteiger partial charge >= 0.3 is 0 Å². The fourth-order valence-corrected chi connectivity index (χ4v) is 2.83. The van der Waals surface area contributed by atoms with Crippen LogP contribution in [0.25, 0.3) is 0 Å². The monoisotopic (exact) mass is 370 g/mol. The Balaban J connectivity index is 1.83. The van der Waals surface area contributed by atoms with E-state index in [4.69, 9.17) is 15.2 Å². The SMILES string of the molecule is COc1cc(CCC(=O)NCC(N)c2ccc(C(C)C)cc2)cc(OC)c1. The van der Waals surface area contributed by atoms with Gasteiger partial charge in [0, 0.05) is 25.1 Å². The number of amides is 1. The Morgan fingerprint density at radius 1 is 1.00 bits per heavy atom. The molecule has 0 saturated heterocycles. The number of hydrogen-bond donors (Lipinski definition) is 2. The van der Waals surface area contributed by atoms with E-state index in [-0.39, 0.29) is 11.9 Å². The van der Waals surface area contributed by atoms with Crippen molar-refractivity contribution in [3.8, 4) is 11.5 Å². The highest BCUT2D eigenvalue weighted by Crippen LogP contribution is 2.23. The first-order valence-electron chi connectivity index (χ1n) is 9.27. The number of nitrogens with two attached hydrogens (primary N) is 1. The molecule has 0 heterocycles. The molecule has 27 heavy (non-hydrogen) atoms. The van der Waals surface area contributed by atoms with Crippen molar-refractivity contribution >= 4 is 5.91 Å². The summed E-state index contributed by atoms with van der Waals surface area (Å²) in [7, 11) is 3.22. The fourth-order valence-electron chi connectivity index (χ4n) is 2.83. The third-order valence-electron chi connectivity index (χ3n) is 4.60. The molecule has 0 bridgehead atoms. The second-order valence-electron chi connectivity index (χ2n) is 6.95. The highest BCUT2D eigenvalue weighted by molar-refractivity contribution is 5.76. The van der Waals surface area contributed by atoms with Gasteiger partial charge in [0.05, 0.1) is 14.2 Å². The van der Waals surface area contributed by atoms with Crippen molar-refractivity contribution in [3.63, 3.8) is 0 Å². The third-order valence-corrected chi connectivity index (χ3v) is 4.60. The summed E-state index contributed by atoms with van der Waals surface area (Å²) in [4.78, 5) is 12.2. The minimum absolute atomic E-state index is 0.0222. The van der Waals surface area contributed by atoms with E-state index in [1.54, 1.807) is 14.2 Å². The Kier molecular flexibility index (Phi) is 7.67. The molecule has 0 aliphatic rings. The highest BCUT2D eigenvalue weighted by Gasteiger charge is 2.10. The third kappa shape index (κ3) is 6.29. The van der Waals surface area contributed by atoms with Crippen LogP contribution in [0.2, 0.25) is 0 Å². The number of carbonyl (C=O) groups is 1. The van der Waals surface area contributed by atoms with Crippen molar-refractivity contribution < 1.29 is 14.3 Å². The number of hydrogen-bond acceptors (Lipinski definition) is 4. The van der Waals surface area contributed by atoms with Gasteiger partial charge in [-0.2, -0.15) is 0 Å². The van der Waals surface area contributed by atoms with Gasteiger partial charge < -0.3 is 20.5 Å². The number of ether oxygens (including phenoxy) is 2. The molecule has 0 spiro atoms. The number of benzene rings is 2. The van der Waals surface area contributed by atoms with Crippen LogP contribution in [-0.2, 0) is 11.2 Å². The standard InChI is InChI=1S/C22H30N2O3/c1-15(2)17-6-8-18(9-7-17)21(23)14-24-22(25)10-5-16-11-19(26-3)13-20(12-16)27-4/h6-9,11-13,15,21H,5,10,14,23H2,1-4H3,(H,24,25). The normalized spacial score (nSPS) is 11.9. The zero-order chi connectivity index (χ0) is 19.8. The lowest BCUT2D eigenvalue weighted by Crippen LogP contribution is -2.32. The predicted molar refractivity (Wildman–Crippen MR) is 108 cm³/mol. The van der Waals surface area contributed by atoms with Gasteiger partial charge in [0.25, 0.3) is 0 Å². The van der Waals surface area contributed by atoms with Crippen LogP contribution in [0, 0.1) is 0 Å². The van der Waals surface area contributed by atoms with Crippen molar-refractivity contribution in [3.05, 3.63) is 59.2 Å². The van der Waals surface area contributed by atoms with Crippen LogP contribution in [0.1, 0.15) is 48.9 Å². The molecule has 2 aromatic carbocycles. The van der Waals surface area contributed by atoms with Gasteiger partial charge in [0.2, 0.25) is 5.91 Å². The first kappa shape index (κ1) is 20.8. The molecule has 1 atom stereocenters. The topological polar surface area (TPSA) is 73.6 Å². The van der Waals surface area contributed by atoms with Crippen LogP contribution >= 0.6 is 0 Å². The van der Waals surface area contributed by atoms with E-state index in [0.29, 0.717) is 25.3 Å². The number of nitrogens with one attached hydrogen (secondary N) is 1. The van der Waals surface area contributed by atoms with Gasteiger partial charge in [-0.15, -0.1) is 0 Å². The Bertz CT molecular complexity index is 719. The van der Waals surface area contributed by atoms with Crippen LogP contribution in [0.5, 0.6) is 11.5 Å². The van der Waals surface area contributed by atoms with Crippen molar-refractivity contribution in [2.24, 2.45) is 5.73 Å². The first-order valence-corrected chi connectivity index (χ1v) is 9.27. The summed E-state index contributed by atoms with van der Waals surface area (Å²) in [6, 6.07) is 13.7. The van der Waals surface area contributed by atoms with E-state index < -0.39 is 0 Å². The van der Waals surface area contributed by atoms with Gasteiger partial charge in [0.1, 0.15) is 11.5 Å². The maximum Gasteiger partial charge on any atom is 0.220 e. The molecular weight excluding hydrogens is 340 g/mol. The lowest BCUT2D eigenvalue weighted by Gasteiger charge is -2.15. The van der Waals surface area contributed by atoms with Crippen LogP contribution < -0.4 is 20.5 Å². The molecule has 0 aliphatic heterocycles. The second kappa shape index (κ2) is 9.97. The molecule has 5 nitrogen and oxygen atoms in total. The Morgan fingerprint density at radius 2 is 1.56 bits per heavy atom. The fraction of sp³-hybridized carbons (Fsp3) is 0.409.